The SMILES string of the molecule is CCC(CCC(CCOC(=O)O)c1ccccc1)c1ccccc1. The molecular formula is C21H26O3. The lowest BCUT2D eigenvalue weighted by atomic mass is 9.85. The maximum Gasteiger partial charge on any atom is 0.505 e. The van der Waals surface area contributed by atoms with Crippen LogP contribution in [0.25, 0.3) is 0 Å². The highest BCUT2D eigenvalue weighted by Gasteiger charge is 2.16. The molecule has 0 aromatic heterocycles. The number of hydrogen-bond acceptors (Lipinski definition) is 2. The van der Waals surface area contributed by atoms with Crippen LogP contribution in [-0.2, 0) is 4.74 Å². The lowest BCUT2D eigenvalue weighted by molar-refractivity contribution is 0.0884. The van der Waals surface area contributed by atoms with Gasteiger partial charge < -0.3 is 9.84 Å². The first-order chi connectivity index (χ1) is 11.7. The van der Waals surface area contributed by atoms with Crippen LogP contribution in [0.2, 0.25) is 0 Å². The summed E-state index contributed by atoms with van der Waals surface area (Å²) >= 11 is 0. The third-order valence-electron chi connectivity index (χ3n) is 4.59. The zero-order valence-corrected chi connectivity index (χ0v) is 14.2. The minimum atomic E-state index is -1.20. The van der Waals surface area contributed by atoms with E-state index in [0.29, 0.717) is 11.8 Å². The molecule has 128 valence electrons. The minimum Gasteiger partial charge on any atom is -0.450 e. The van der Waals surface area contributed by atoms with Gasteiger partial charge in [-0.3, -0.25) is 0 Å². The molecule has 3 nitrogen and oxygen atoms in total. The van der Waals surface area contributed by atoms with E-state index in [0.717, 1.165) is 25.7 Å². The van der Waals surface area contributed by atoms with Crippen molar-refractivity contribution in [3.05, 3.63) is 71.8 Å². The predicted octanol–water partition coefficient (Wildman–Crippen LogP) is 5.83. The molecule has 0 aliphatic heterocycles. The number of ether oxygens (including phenoxy) is 1. The lowest BCUT2D eigenvalue weighted by Gasteiger charge is -2.21. The molecule has 2 aromatic rings. The van der Waals surface area contributed by atoms with Gasteiger partial charge in [0.2, 0.25) is 0 Å². The van der Waals surface area contributed by atoms with E-state index in [4.69, 9.17) is 9.84 Å². The fraction of sp³-hybridized carbons (Fsp3) is 0.381. The summed E-state index contributed by atoms with van der Waals surface area (Å²) in [5.41, 5.74) is 2.64. The Balaban J connectivity index is 2.00. The van der Waals surface area contributed by atoms with Crippen LogP contribution in [0, 0.1) is 0 Å². The highest BCUT2D eigenvalue weighted by molar-refractivity contribution is 5.56. The average molecular weight is 326 g/mol. The molecule has 0 heterocycles. The third-order valence-corrected chi connectivity index (χ3v) is 4.59. The number of carbonyl (C=O) groups is 1. The van der Waals surface area contributed by atoms with Crippen LogP contribution in [0.5, 0.6) is 0 Å². The van der Waals surface area contributed by atoms with Crippen LogP contribution < -0.4 is 0 Å². The van der Waals surface area contributed by atoms with Crippen molar-refractivity contribution in [3.8, 4) is 0 Å². The second kappa shape index (κ2) is 9.76. The van der Waals surface area contributed by atoms with Crippen molar-refractivity contribution in [2.45, 2.75) is 44.4 Å². The van der Waals surface area contributed by atoms with E-state index in [1.165, 1.54) is 11.1 Å². The summed E-state index contributed by atoms with van der Waals surface area (Å²) in [4.78, 5) is 10.6. The van der Waals surface area contributed by atoms with Gasteiger partial charge in [-0.25, -0.2) is 4.79 Å². The van der Waals surface area contributed by atoms with Gasteiger partial charge in [0.25, 0.3) is 0 Å². The van der Waals surface area contributed by atoms with Crippen molar-refractivity contribution < 1.29 is 14.6 Å². The Kier molecular flexibility index (Phi) is 7.34. The average Bonchev–Trinajstić information content (AvgIpc) is 2.62. The van der Waals surface area contributed by atoms with E-state index >= 15 is 0 Å². The third kappa shape index (κ3) is 5.73. The molecule has 0 aliphatic rings. The molecule has 0 radical (unpaired) electrons. The minimum absolute atomic E-state index is 0.247. The first kappa shape index (κ1) is 18.1. The lowest BCUT2D eigenvalue weighted by Crippen LogP contribution is -2.09. The Bertz CT molecular complexity index is 595. The van der Waals surface area contributed by atoms with Gasteiger partial charge in [-0.05, 0) is 48.6 Å². The van der Waals surface area contributed by atoms with Gasteiger partial charge in [-0.1, -0.05) is 67.6 Å². The van der Waals surface area contributed by atoms with E-state index in [9.17, 15) is 4.79 Å². The fourth-order valence-electron chi connectivity index (χ4n) is 3.23. The largest absolute Gasteiger partial charge is 0.505 e. The molecule has 0 saturated carbocycles. The second-order valence-corrected chi connectivity index (χ2v) is 6.10. The van der Waals surface area contributed by atoms with E-state index < -0.39 is 6.16 Å². The van der Waals surface area contributed by atoms with Crippen LogP contribution in [0.3, 0.4) is 0 Å². The van der Waals surface area contributed by atoms with Crippen molar-refractivity contribution in [1.82, 2.24) is 0 Å². The molecular weight excluding hydrogens is 300 g/mol. The zero-order valence-electron chi connectivity index (χ0n) is 14.2. The van der Waals surface area contributed by atoms with Crippen molar-refractivity contribution in [2.24, 2.45) is 0 Å². The van der Waals surface area contributed by atoms with Crippen molar-refractivity contribution >= 4 is 6.16 Å². The van der Waals surface area contributed by atoms with Gasteiger partial charge in [-0.15, -0.1) is 0 Å². The van der Waals surface area contributed by atoms with Crippen molar-refractivity contribution in [1.29, 1.82) is 0 Å². The molecule has 0 aliphatic carbocycles. The van der Waals surface area contributed by atoms with E-state index in [-0.39, 0.29) is 6.61 Å². The fourth-order valence-corrected chi connectivity index (χ4v) is 3.23. The molecule has 2 rings (SSSR count). The summed E-state index contributed by atoms with van der Waals surface area (Å²) in [6.07, 6.45) is 2.75. The summed E-state index contributed by atoms with van der Waals surface area (Å²) in [5, 5.41) is 8.68. The van der Waals surface area contributed by atoms with Gasteiger partial charge in [0.1, 0.15) is 0 Å². The molecule has 0 bridgehead atoms. The van der Waals surface area contributed by atoms with E-state index in [1.54, 1.807) is 0 Å². The Hall–Kier alpha value is -2.29. The van der Waals surface area contributed by atoms with E-state index in [2.05, 4.69) is 43.3 Å². The summed E-state index contributed by atoms with van der Waals surface area (Å²) < 4.78 is 4.73. The summed E-state index contributed by atoms with van der Waals surface area (Å²) in [6.45, 7) is 2.47. The molecule has 2 unspecified atom stereocenters. The quantitative estimate of drug-likeness (QED) is 0.590. The van der Waals surface area contributed by atoms with Crippen LogP contribution in [0.4, 0.5) is 4.79 Å². The van der Waals surface area contributed by atoms with Gasteiger partial charge in [0.05, 0.1) is 6.61 Å². The molecule has 2 aromatic carbocycles. The monoisotopic (exact) mass is 326 g/mol. The van der Waals surface area contributed by atoms with Crippen LogP contribution in [0.1, 0.15) is 55.6 Å². The number of rotatable bonds is 9. The number of hydrogen-bond donors (Lipinski definition) is 1. The topological polar surface area (TPSA) is 46.5 Å². The summed E-state index contributed by atoms with van der Waals surface area (Å²) in [5.74, 6) is 0.862. The van der Waals surface area contributed by atoms with Crippen molar-refractivity contribution in [3.63, 3.8) is 0 Å². The zero-order chi connectivity index (χ0) is 17.2. The van der Waals surface area contributed by atoms with Gasteiger partial charge in [-0.2, -0.15) is 0 Å². The standard InChI is InChI=1S/C21H26O3/c1-2-17(18-9-5-3-6-10-18)13-14-20(15-16-24-21(22)23)19-11-7-4-8-12-19/h3-12,17,20H,2,13-16H2,1H3,(H,22,23). The van der Waals surface area contributed by atoms with Gasteiger partial charge >= 0.3 is 6.16 Å². The molecule has 3 heteroatoms. The molecule has 0 saturated heterocycles. The Morgan fingerprint density at radius 3 is 1.88 bits per heavy atom. The van der Waals surface area contributed by atoms with Crippen LogP contribution >= 0.6 is 0 Å². The highest BCUT2D eigenvalue weighted by atomic mass is 16.7. The summed E-state index contributed by atoms with van der Waals surface area (Å²) in [7, 11) is 0. The normalized spacial score (nSPS) is 13.2. The van der Waals surface area contributed by atoms with Crippen LogP contribution in [0.15, 0.2) is 60.7 Å². The molecule has 24 heavy (non-hydrogen) atoms. The first-order valence-electron chi connectivity index (χ1n) is 8.66. The first-order valence-corrected chi connectivity index (χ1v) is 8.66. The molecule has 0 fully saturated rings. The Labute approximate surface area is 144 Å². The predicted molar refractivity (Wildman–Crippen MR) is 96.5 cm³/mol. The maximum atomic E-state index is 10.6. The van der Waals surface area contributed by atoms with E-state index in [1.807, 2.05) is 24.3 Å². The highest BCUT2D eigenvalue weighted by Crippen LogP contribution is 2.31. The Morgan fingerprint density at radius 1 is 0.875 bits per heavy atom. The second-order valence-electron chi connectivity index (χ2n) is 6.10. The summed E-state index contributed by atoms with van der Waals surface area (Å²) in [6, 6.07) is 20.9. The molecule has 0 amide bonds. The molecule has 1 N–H and O–H groups in total. The smallest absolute Gasteiger partial charge is 0.450 e. The van der Waals surface area contributed by atoms with Crippen LogP contribution in [-0.4, -0.2) is 17.9 Å². The molecule has 0 spiro atoms. The maximum absolute atomic E-state index is 10.6. The van der Waals surface area contributed by atoms with Gasteiger partial charge in [0.15, 0.2) is 0 Å². The molecule has 2 atom stereocenters. The van der Waals surface area contributed by atoms with Crippen molar-refractivity contribution in [2.75, 3.05) is 6.61 Å². The van der Waals surface area contributed by atoms with Gasteiger partial charge in [0, 0.05) is 0 Å². The Morgan fingerprint density at radius 2 is 1.38 bits per heavy atom. The number of benzene rings is 2. The number of carboxylic acid groups (broad SMARTS) is 1.